The smallest absolute Gasteiger partial charge is 0.0589 e. The summed E-state index contributed by atoms with van der Waals surface area (Å²) in [5, 5.41) is 0. The Bertz CT molecular complexity index is 116. The van der Waals surface area contributed by atoms with Crippen LogP contribution in [0.4, 0.5) is 0 Å². The number of hydrogen-bond acceptors (Lipinski definition) is 3. The highest BCUT2D eigenvalue weighted by atomic mass is 16.5. The van der Waals surface area contributed by atoms with Crippen molar-refractivity contribution in [1.29, 1.82) is 0 Å². The van der Waals surface area contributed by atoms with E-state index in [9.17, 15) is 0 Å². The van der Waals surface area contributed by atoms with Crippen LogP contribution in [-0.2, 0) is 4.74 Å². The lowest BCUT2D eigenvalue weighted by Crippen LogP contribution is -2.36. The molecule has 0 radical (unpaired) electrons. The van der Waals surface area contributed by atoms with Gasteiger partial charge in [-0.05, 0) is 5.92 Å². The zero-order chi connectivity index (χ0) is 10.8. The molecule has 0 atom stereocenters. The van der Waals surface area contributed by atoms with Gasteiger partial charge in [0.1, 0.15) is 0 Å². The Balaban J connectivity index is 3.80. The first-order valence-corrected chi connectivity index (χ1v) is 5.69. The fourth-order valence-electron chi connectivity index (χ4n) is 1.61. The molecule has 0 bridgehead atoms. The van der Waals surface area contributed by atoms with Gasteiger partial charge in [0.05, 0.1) is 6.61 Å². The van der Waals surface area contributed by atoms with Gasteiger partial charge in [-0.15, -0.1) is 0 Å². The van der Waals surface area contributed by atoms with E-state index >= 15 is 0 Å². The molecule has 0 aromatic rings. The van der Waals surface area contributed by atoms with Crippen LogP contribution in [0, 0.1) is 5.92 Å². The molecular formula is C11H26N2O. The van der Waals surface area contributed by atoms with Crippen LogP contribution in [0.25, 0.3) is 0 Å². The molecule has 0 aromatic heterocycles. The third kappa shape index (κ3) is 6.35. The topological polar surface area (TPSA) is 38.5 Å². The van der Waals surface area contributed by atoms with Crippen molar-refractivity contribution in [3.8, 4) is 0 Å². The monoisotopic (exact) mass is 202 g/mol. The normalized spacial score (nSPS) is 11.6. The second-order valence-electron chi connectivity index (χ2n) is 3.76. The van der Waals surface area contributed by atoms with Crippen molar-refractivity contribution in [3.05, 3.63) is 0 Å². The average molecular weight is 202 g/mol. The summed E-state index contributed by atoms with van der Waals surface area (Å²) in [4.78, 5) is 2.40. The van der Waals surface area contributed by atoms with E-state index in [0.717, 1.165) is 38.7 Å². The van der Waals surface area contributed by atoms with Crippen LogP contribution in [0.5, 0.6) is 0 Å². The van der Waals surface area contributed by atoms with Gasteiger partial charge < -0.3 is 10.5 Å². The molecule has 0 heterocycles. The molecule has 3 heteroatoms. The Morgan fingerprint density at radius 1 is 1.21 bits per heavy atom. The highest BCUT2D eigenvalue weighted by molar-refractivity contribution is 4.64. The van der Waals surface area contributed by atoms with Crippen molar-refractivity contribution >= 4 is 0 Å². The Kier molecular flexibility index (Phi) is 9.35. The van der Waals surface area contributed by atoms with Crippen LogP contribution < -0.4 is 5.73 Å². The van der Waals surface area contributed by atoms with Crippen molar-refractivity contribution in [2.45, 2.75) is 26.7 Å². The summed E-state index contributed by atoms with van der Waals surface area (Å²) in [6.07, 6.45) is 2.51. The quantitative estimate of drug-likeness (QED) is 0.613. The van der Waals surface area contributed by atoms with Gasteiger partial charge in [0.2, 0.25) is 0 Å². The highest BCUT2D eigenvalue weighted by Crippen LogP contribution is 2.09. The first-order chi connectivity index (χ1) is 6.78. The minimum atomic E-state index is 0.740. The largest absolute Gasteiger partial charge is 0.383 e. The number of ether oxygens (including phenoxy) is 1. The van der Waals surface area contributed by atoms with E-state index in [1.54, 1.807) is 7.11 Å². The van der Waals surface area contributed by atoms with Crippen molar-refractivity contribution in [3.63, 3.8) is 0 Å². The summed E-state index contributed by atoms with van der Waals surface area (Å²) in [5.41, 5.74) is 5.58. The van der Waals surface area contributed by atoms with Crippen LogP contribution >= 0.6 is 0 Å². The van der Waals surface area contributed by atoms with E-state index in [-0.39, 0.29) is 0 Å². The Morgan fingerprint density at radius 3 is 2.29 bits per heavy atom. The maximum Gasteiger partial charge on any atom is 0.0589 e. The molecule has 3 nitrogen and oxygen atoms in total. The van der Waals surface area contributed by atoms with Crippen molar-refractivity contribution in [2.24, 2.45) is 11.7 Å². The molecule has 14 heavy (non-hydrogen) atoms. The summed E-state index contributed by atoms with van der Waals surface area (Å²) in [5.74, 6) is 0.804. The lowest BCUT2D eigenvalue weighted by atomic mass is 10.0. The summed E-state index contributed by atoms with van der Waals surface area (Å²) < 4.78 is 5.09. The van der Waals surface area contributed by atoms with E-state index in [1.165, 1.54) is 12.8 Å². The minimum Gasteiger partial charge on any atom is -0.383 e. The van der Waals surface area contributed by atoms with E-state index < -0.39 is 0 Å². The predicted octanol–water partition coefficient (Wildman–Crippen LogP) is 1.33. The van der Waals surface area contributed by atoms with E-state index in [0.29, 0.717) is 0 Å². The third-order valence-electron chi connectivity index (χ3n) is 2.73. The molecule has 0 aliphatic heterocycles. The number of nitrogens with two attached hydrogens (primary N) is 1. The zero-order valence-electron chi connectivity index (χ0n) is 9.96. The average Bonchev–Trinajstić information content (AvgIpc) is 2.22. The molecule has 0 saturated carbocycles. The molecule has 0 rings (SSSR count). The van der Waals surface area contributed by atoms with Crippen LogP contribution in [0.1, 0.15) is 26.7 Å². The maximum absolute atomic E-state index is 5.58. The molecule has 0 aromatic carbocycles. The molecule has 0 fully saturated rings. The standard InChI is InChI=1S/C11H26N2O/c1-4-11(5-2)10-13(7-6-12)8-9-14-3/h11H,4-10,12H2,1-3H3. The molecule has 0 unspecified atom stereocenters. The van der Waals surface area contributed by atoms with Gasteiger partial charge in [0.25, 0.3) is 0 Å². The van der Waals surface area contributed by atoms with Crippen molar-refractivity contribution in [1.82, 2.24) is 4.90 Å². The maximum atomic E-state index is 5.58. The van der Waals surface area contributed by atoms with Gasteiger partial charge in [0, 0.05) is 33.3 Å². The van der Waals surface area contributed by atoms with Gasteiger partial charge >= 0.3 is 0 Å². The SMILES string of the molecule is CCC(CC)CN(CCN)CCOC. The lowest BCUT2D eigenvalue weighted by molar-refractivity contribution is 0.137. The van der Waals surface area contributed by atoms with Crippen LogP contribution in [-0.4, -0.2) is 44.8 Å². The number of hydrogen-bond donors (Lipinski definition) is 1. The fourth-order valence-corrected chi connectivity index (χ4v) is 1.61. The molecule has 0 aliphatic carbocycles. The van der Waals surface area contributed by atoms with Crippen LogP contribution in [0.15, 0.2) is 0 Å². The number of nitrogens with zero attached hydrogens (tertiary/aromatic N) is 1. The van der Waals surface area contributed by atoms with Crippen molar-refractivity contribution in [2.75, 3.05) is 39.9 Å². The highest BCUT2D eigenvalue weighted by Gasteiger charge is 2.09. The number of rotatable bonds is 9. The summed E-state index contributed by atoms with van der Waals surface area (Å²) >= 11 is 0. The molecule has 0 aliphatic rings. The summed E-state index contributed by atoms with van der Waals surface area (Å²) in [7, 11) is 1.75. The minimum absolute atomic E-state index is 0.740. The fraction of sp³-hybridized carbons (Fsp3) is 1.00. The second-order valence-corrected chi connectivity index (χ2v) is 3.76. The molecule has 0 amide bonds. The van der Waals surface area contributed by atoms with Crippen LogP contribution in [0.2, 0.25) is 0 Å². The summed E-state index contributed by atoms with van der Waals surface area (Å²) in [6, 6.07) is 0. The van der Waals surface area contributed by atoms with Gasteiger partial charge in [0.15, 0.2) is 0 Å². The molecular weight excluding hydrogens is 176 g/mol. The van der Waals surface area contributed by atoms with E-state index in [2.05, 4.69) is 18.7 Å². The molecule has 2 N–H and O–H groups in total. The zero-order valence-corrected chi connectivity index (χ0v) is 9.96. The lowest BCUT2D eigenvalue weighted by Gasteiger charge is -2.25. The number of methoxy groups -OCH3 is 1. The molecule has 0 saturated heterocycles. The molecule has 0 spiro atoms. The van der Waals surface area contributed by atoms with Gasteiger partial charge in [-0.3, -0.25) is 4.90 Å². The predicted molar refractivity (Wildman–Crippen MR) is 61.4 cm³/mol. The first kappa shape index (κ1) is 13.9. The van der Waals surface area contributed by atoms with Crippen molar-refractivity contribution < 1.29 is 4.74 Å². The van der Waals surface area contributed by atoms with Gasteiger partial charge in [-0.1, -0.05) is 26.7 Å². The second kappa shape index (κ2) is 9.44. The van der Waals surface area contributed by atoms with E-state index in [4.69, 9.17) is 10.5 Å². The summed E-state index contributed by atoms with van der Waals surface area (Å²) in [6.45, 7) is 9.21. The Morgan fingerprint density at radius 2 is 1.86 bits per heavy atom. The Hall–Kier alpha value is -0.120. The van der Waals surface area contributed by atoms with Gasteiger partial charge in [-0.25, -0.2) is 0 Å². The third-order valence-corrected chi connectivity index (χ3v) is 2.73. The first-order valence-electron chi connectivity index (χ1n) is 5.69. The van der Waals surface area contributed by atoms with Gasteiger partial charge in [-0.2, -0.15) is 0 Å². The Labute approximate surface area is 88.6 Å². The van der Waals surface area contributed by atoms with E-state index in [1.807, 2.05) is 0 Å². The van der Waals surface area contributed by atoms with Crippen LogP contribution in [0.3, 0.4) is 0 Å². The molecule has 86 valence electrons.